The zero-order valence-corrected chi connectivity index (χ0v) is 52.7. The van der Waals surface area contributed by atoms with Crippen LogP contribution in [0.25, 0.3) is 0 Å². The summed E-state index contributed by atoms with van der Waals surface area (Å²) in [5.74, 6) is -0.647. The van der Waals surface area contributed by atoms with E-state index in [1.54, 1.807) is 0 Å². The van der Waals surface area contributed by atoms with E-state index in [0.717, 1.165) is 128 Å². The van der Waals surface area contributed by atoms with E-state index < -0.39 is 6.10 Å². The molecule has 0 aliphatic rings. The van der Waals surface area contributed by atoms with Crippen molar-refractivity contribution in [3.63, 3.8) is 0 Å². The Balaban J connectivity index is 3.59. The molecule has 0 saturated heterocycles. The molecule has 0 aromatic heterocycles. The van der Waals surface area contributed by atoms with Gasteiger partial charge in [-0.1, -0.05) is 305 Å². The summed E-state index contributed by atoms with van der Waals surface area (Å²) in [6, 6.07) is 0. The van der Waals surface area contributed by atoms with Crippen LogP contribution < -0.4 is 0 Å². The van der Waals surface area contributed by atoms with Gasteiger partial charge in [0.1, 0.15) is 6.61 Å². The van der Waals surface area contributed by atoms with Crippen molar-refractivity contribution in [3.05, 3.63) is 182 Å². The van der Waals surface area contributed by atoms with Crippen LogP contribution in [-0.2, 0) is 19.1 Å². The number of carbonyl (C=O) groups excluding carboxylic acids is 2. The van der Waals surface area contributed by atoms with Gasteiger partial charge < -0.3 is 14.6 Å². The predicted octanol–water partition coefficient (Wildman–Crippen LogP) is 23.4. The predicted molar refractivity (Wildman–Crippen MR) is 361 cm³/mol. The SMILES string of the molecule is CC/C=C\C/C=C\C/C=C\C/C=C\C/C=C\C/C=C\C/C=C\C/C=C\C/C=C\C/C=C\CCCCC(=O)OC(CO)COC(=O)CCCCCCCCCCCCCCCCCCCCC/C=C\C/C=C\C/C=C\C/C=C\C/C=C\CC. The fourth-order valence-corrected chi connectivity index (χ4v) is 8.79. The van der Waals surface area contributed by atoms with Crippen molar-refractivity contribution in [1.82, 2.24) is 0 Å². The topological polar surface area (TPSA) is 72.8 Å². The van der Waals surface area contributed by atoms with Gasteiger partial charge in [-0.2, -0.15) is 0 Å². The Morgan fingerprint density at radius 3 is 0.756 bits per heavy atom. The molecule has 0 aliphatic heterocycles. The van der Waals surface area contributed by atoms with Gasteiger partial charge in [-0.15, -0.1) is 0 Å². The Morgan fingerprint density at radius 1 is 0.280 bits per heavy atom. The molecule has 0 rings (SSSR count). The summed E-state index contributed by atoms with van der Waals surface area (Å²) in [5, 5.41) is 9.69. The Labute approximate surface area is 505 Å². The van der Waals surface area contributed by atoms with Crippen LogP contribution in [0.3, 0.4) is 0 Å². The van der Waals surface area contributed by atoms with Crippen LogP contribution in [0.4, 0.5) is 0 Å². The van der Waals surface area contributed by atoms with Gasteiger partial charge in [-0.3, -0.25) is 9.59 Å². The molecule has 0 saturated carbocycles. The maximum atomic E-state index is 12.3. The van der Waals surface area contributed by atoms with Crippen LogP contribution in [0.1, 0.15) is 271 Å². The first-order chi connectivity index (χ1) is 40.6. The normalized spacial score (nSPS) is 13.5. The standard InChI is InChI=1S/C77H122O5/c1-3-5-7-9-11-13-15-17-19-21-23-25-27-29-31-33-35-37-38-40-41-43-45-47-49-51-53-55-57-59-61-63-65-67-69-71-76(79)81-74-75(73-78)82-77(80)72-70-68-66-64-62-60-58-56-54-52-50-48-46-44-42-39-36-34-32-30-28-26-24-22-20-18-16-14-12-10-8-6-4-2/h5-8,11-14,17-20,23-26,29-32,36,39,44,46,50,52,56,58,62,64,75,78H,3-4,9-10,15-16,21-22,27-28,33-35,37-38,40-43,45,47-49,51,53-55,57,59-61,63,65-74H2,1-2H3/b7-5-,8-6-,13-11-,14-12-,19-17-,20-18-,25-23-,26-24-,31-29-,32-30-,39-36-,46-44-,52-50-,58-56-,64-62-. The van der Waals surface area contributed by atoms with Crippen LogP contribution >= 0.6 is 0 Å². The highest BCUT2D eigenvalue weighted by atomic mass is 16.6. The fraction of sp³-hybridized carbons (Fsp3) is 0.584. The van der Waals surface area contributed by atoms with Gasteiger partial charge >= 0.3 is 11.9 Å². The van der Waals surface area contributed by atoms with Crippen molar-refractivity contribution in [1.29, 1.82) is 0 Å². The van der Waals surface area contributed by atoms with Crippen LogP contribution in [0, 0.1) is 0 Å². The summed E-state index contributed by atoms with van der Waals surface area (Å²) in [5.41, 5.74) is 0. The first-order valence-corrected chi connectivity index (χ1v) is 33.3. The lowest BCUT2D eigenvalue weighted by Crippen LogP contribution is -2.28. The van der Waals surface area contributed by atoms with Gasteiger partial charge in [0, 0.05) is 12.8 Å². The Kier molecular flexibility index (Phi) is 66.0. The van der Waals surface area contributed by atoms with Gasteiger partial charge in [0.05, 0.1) is 6.61 Å². The van der Waals surface area contributed by atoms with Crippen molar-refractivity contribution in [2.45, 2.75) is 277 Å². The van der Waals surface area contributed by atoms with Crippen LogP contribution in [0.5, 0.6) is 0 Å². The highest BCUT2D eigenvalue weighted by molar-refractivity contribution is 5.70. The van der Waals surface area contributed by atoms with Crippen LogP contribution in [0.2, 0.25) is 0 Å². The molecule has 460 valence electrons. The molecule has 0 aliphatic carbocycles. The number of carbonyl (C=O) groups is 2. The van der Waals surface area contributed by atoms with Crippen molar-refractivity contribution in [3.8, 4) is 0 Å². The third-order valence-corrected chi connectivity index (χ3v) is 13.7. The van der Waals surface area contributed by atoms with Gasteiger partial charge in [-0.05, 0) is 135 Å². The summed E-state index contributed by atoms with van der Waals surface area (Å²) in [4.78, 5) is 24.6. The van der Waals surface area contributed by atoms with Gasteiger partial charge in [0.25, 0.3) is 0 Å². The number of ether oxygens (including phenoxy) is 2. The second kappa shape index (κ2) is 70.3. The molecular weight excluding hydrogens is 1000 g/mol. The fourth-order valence-electron chi connectivity index (χ4n) is 8.79. The largest absolute Gasteiger partial charge is 0.462 e. The van der Waals surface area contributed by atoms with E-state index in [-0.39, 0.29) is 31.6 Å². The average Bonchev–Trinajstić information content (AvgIpc) is 3.49. The molecule has 5 heteroatoms. The summed E-state index contributed by atoms with van der Waals surface area (Å²) in [6.45, 7) is 3.88. The highest BCUT2D eigenvalue weighted by Crippen LogP contribution is 2.16. The number of esters is 2. The van der Waals surface area contributed by atoms with Gasteiger partial charge in [0.15, 0.2) is 6.10 Å². The number of hydrogen-bond donors (Lipinski definition) is 1. The lowest BCUT2D eigenvalue weighted by molar-refractivity contribution is -0.161. The number of rotatable bonds is 59. The minimum absolute atomic E-state index is 0.0930. The van der Waals surface area contributed by atoms with E-state index in [1.165, 1.54) is 109 Å². The quantitative estimate of drug-likeness (QED) is 0.0373. The summed E-state index contributed by atoms with van der Waals surface area (Å²) >= 11 is 0. The van der Waals surface area contributed by atoms with Crippen molar-refractivity contribution in [2.24, 2.45) is 0 Å². The van der Waals surface area contributed by atoms with Crippen molar-refractivity contribution < 1.29 is 24.2 Å². The monoisotopic (exact) mass is 1130 g/mol. The molecule has 0 aromatic carbocycles. The number of allylic oxidation sites excluding steroid dienone is 30. The number of unbranched alkanes of at least 4 members (excludes halogenated alkanes) is 21. The second-order valence-corrected chi connectivity index (χ2v) is 21.4. The number of hydrogen-bond acceptors (Lipinski definition) is 5. The average molecular weight is 1130 g/mol. The zero-order valence-electron chi connectivity index (χ0n) is 52.7. The first kappa shape index (κ1) is 77.0. The molecule has 5 nitrogen and oxygen atoms in total. The molecule has 1 atom stereocenters. The minimum atomic E-state index is -0.809. The summed E-state index contributed by atoms with van der Waals surface area (Å²) < 4.78 is 10.7. The third kappa shape index (κ3) is 67.5. The van der Waals surface area contributed by atoms with Crippen LogP contribution in [0.15, 0.2) is 182 Å². The highest BCUT2D eigenvalue weighted by Gasteiger charge is 2.16. The van der Waals surface area contributed by atoms with E-state index in [2.05, 4.69) is 196 Å². The molecule has 1 unspecified atom stereocenters. The van der Waals surface area contributed by atoms with Gasteiger partial charge in [0.2, 0.25) is 0 Å². The Hall–Kier alpha value is -5.00. The molecule has 0 fully saturated rings. The molecule has 82 heavy (non-hydrogen) atoms. The maximum absolute atomic E-state index is 12.3. The van der Waals surface area contributed by atoms with E-state index in [1.807, 2.05) is 0 Å². The molecule has 1 N–H and O–H groups in total. The van der Waals surface area contributed by atoms with E-state index in [0.29, 0.717) is 12.8 Å². The van der Waals surface area contributed by atoms with Crippen molar-refractivity contribution >= 4 is 11.9 Å². The maximum Gasteiger partial charge on any atom is 0.306 e. The second-order valence-electron chi connectivity index (χ2n) is 21.4. The number of aliphatic hydroxyl groups is 1. The molecule has 0 bridgehead atoms. The van der Waals surface area contributed by atoms with E-state index in [4.69, 9.17) is 9.47 Å². The summed E-state index contributed by atoms with van der Waals surface area (Å²) in [7, 11) is 0. The van der Waals surface area contributed by atoms with Crippen molar-refractivity contribution in [2.75, 3.05) is 13.2 Å². The first-order valence-electron chi connectivity index (χ1n) is 33.3. The van der Waals surface area contributed by atoms with E-state index >= 15 is 0 Å². The zero-order chi connectivity index (χ0) is 59.1. The van der Waals surface area contributed by atoms with Crippen LogP contribution in [-0.4, -0.2) is 36.4 Å². The minimum Gasteiger partial charge on any atom is -0.462 e. The molecule has 0 aromatic rings. The lowest BCUT2D eigenvalue weighted by atomic mass is 10.0. The van der Waals surface area contributed by atoms with Gasteiger partial charge in [-0.25, -0.2) is 0 Å². The lowest BCUT2D eigenvalue weighted by Gasteiger charge is -2.15. The summed E-state index contributed by atoms with van der Waals surface area (Å²) in [6.07, 6.45) is 110. The Bertz CT molecular complexity index is 1850. The van der Waals surface area contributed by atoms with E-state index in [9.17, 15) is 14.7 Å². The number of aliphatic hydroxyl groups excluding tert-OH is 1. The molecule has 0 amide bonds. The molecule has 0 radical (unpaired) electrons. The molecular formula is C77H122O5. The third-order valence-electron chi connectivity index (χ3n) is 13.7. The Morgan fingerprint density at radius 2 is 0.488 bits per heavy atom. The smallest absolute Gasteiger partial charge is 0.306 e. The molecule has 0 spiro atoms. The molecule has 0 heterocycles.